The van der Waals surface area contributed by atoms with E-state index in [1.807, 2.05) is 0 Å². The molecule has 0 saturated carbocycles. The highest BCUT2D eigenvalue weighted by atomic mass is 35.5. The van der Waals surface area contributed by atoms with E-state index in [0.29, 0.717) is 0 Å². The molecular weight excluding hydrogens is 156 g/mol. The lowest BCUT2D eigenvalue weighted by atomic mass is 10.2. The van der Waals surface area contributed by atoms with Gasteiger partial charge < -0.3 is 9.07 Å². The topological polar surface area (TPSA) is 0 Å². The van der Waals surface area contributed by atoms with Gasteiger partial charge in [0.25, 0.3) is 0 Å². The standard InChI is InChI=1S/C8H9.ClH.Mg/c1-7-4-3-5-8(2)6-7;;/h3-4,6H,1-2H3;1H;/q;;+1/p-1. The van der Waals surface area contributed by atoms with E-state index >= 15 is 0 Å². The molecule has 0 aliphatic rings. The lowest BCUT2D eigenvalue weighted by molar-refractivity contribution is 1.41. The second kappa shape index (κ2) is 3.60. The third kappa shape index (κ3) is 1.88. The van der Waals surface area contributed by atoms with Gasteiger partial charge in [0.05, 0.1) is 0 Å². The van der Waals surface area contributed by atoms with E-state index in [1.54, 1.807) is 0 Å². The summed E-state index contributed by atoms with van der Waals surface area (Å²) in [4.78, 5) is 0. The highest BCUT2D eigenvalue weighted by molar-refractivity contribution is 7.01. The minimum Gasteiger partial charge on any atom is -0.336 e. The molecule has 1 aromatic carbocycles. The van der Waals surface area contributed by atoms with Gasteiger partial charge in [0.1, 0.15) is 0 Å². The SMILES string of the molecule is Cc1cc[c]([Mg][Cl])c(C)c1. The van der Waals surface area contributed by atoms with Crippen molar-refractivity contribution < 1.29 is 0 Å². The average molecular weight is 165 g/mol. The van der Waals surface area contributed by atoms with Crippen molar-refractivity contribution in [2.24, 2.45) is 0 Å². The maximum atomic E-state index is 5.82. The van der Waals surface area contributed by atoms with Crippen molar-refractivity contribution >= 4 is 32.0 Å². The quantitative estimate of drug-likeness (QED) is 0.556. The zero-order valence-electron chi connectivity index (χ0n) is 6.32. The van der Waals surface area contributed by atoms with Gasteiger partial charge in [-0.25, -0.2) is 0 Å². The Labute approximate surface area is 75.1 Å². The number of benzene rings is 1. The van der Waals surface area contributed by atoms with Gasteiger partial charge in [0.15, 0.2) is 0 Å². The Hall–Kier alpha value is 0.276. The first-order valence-corrected chi connectivity index (χ1v) is 6.20. The van der Waals surface area contributed by atoms with Gasteiger partial charge >= 0.3 is 19.3 Å². The molecule has 0 aliphatic carbocycles. The molecule has 0 aliphatic heterocycles. The van der Waals surface area contributed by atoms with E-state index in [4.69, 9.17) is 9.07 Å². The van der Waals surface area contributed by atoms with Gasteiger partial charge in [-0.3, -0.25) is 0 Å². The first-order valence-electron chi connectivity index (χ1n) is 3.36. The molecule has 0 heterocycles. The van der Waals surface area contributed by atoms with E-state index in [9.17, 15) is 0 Å². The van der Waals surface area contributed by atoms with E-state index < -0.39 is 19.3 Å². The molecule has 0 N–H and O–H groups in total. The summed E-state index contributed by atoms with van der Waals surface area (Å²) in [5.74, 6) is 0. The van der Waals surface area contributed by atoms with Crippen molar-refractivity contribution in [2.45, 2.75) is 13.8 Å². The number of rotatable bonds is 1. The lowest BCUT2D eigenvalue weighted by Gasteiger charge is -2.01. The normalized spacial score (nSPS) is 9.10. The zero-order valence-corrected chi connectivity index (χ0v) is 8.49. The molecule has 10 heavy (non-hydrogen) atoms. The first kappa shape index (κ1) is 8.37. The van der Waals surface area contributed by atoms with Crippen molar-refractivity contribution in [1.29, 1.82) is 0 Å². The smallest absolute Gasteiger partial charge is 0.336 e. The van der Waals surface area contributed by atoms with E-state index in [-0.39, 0.29) is 0 Å². The number of hydrogen-bond donors (Lipinski definition) is 0. The van der Waals surface area contributed by atoms with E-state index in [2.05, 4.69) is 32.0 Å². The molecule has 2 heteroatoms. The highest BCUT2D eigenvalue weighted by Gasteiger charge is 1.98. The van der Waals surface area contributed by atoms with Crippen LogP contribution in [0.3, 0.4) is 0 Å². The number of hydrogen-bond acceptors (Lipinski definition) is 0. The van der Waals surface area contributed by atoms with Gasteiger partial charge in [-0.15, -0.1) is 3.69 Å². The fraction of sp³-hybridized carbons (Fsp3) is 0.250. The van der Waals surface area contributed by atoms with Crippen molar-refractivity contribution in [3.63, 3.8) is 0 Å². The van der Waals surface area contributed by atoms with Crippen LogP contribution >= 0.6 is 9.07 Å². The summed E-state index contributed by atoms with van der Waals surface area (Å²) < 4.78 is 1.37. The summed E-state index contributed by atoms with van der Waals surface area (Å²) in [6, 6.07) is 6.45. The van der Waals surface area contributed by atoms with Crippen LogP contribution in [0.25, 0.3) is 0 Å². The molecule has 0 bridgehead atoms. The van der Waals surface area contributed by atoms with Crippen LogP contribution in [0.2, 0.25) is 0 Å². The highest BCUT2D eigenvalue weighted by Crippen LogP contribution is 1.99. The van der Waals surface area contributed by atoms with E-state index in [0.717, 1.165) is 0 Å². The van der Waals surface area contributed by atoms with Gasteiger partial charge in [0, 0.05) is 0 Å². The Kier molecular flexibility index (Phi) is 3.02. The summed E-state index contributed by atoms with van der Waals surface area (Å²) >= 11 is -0.481. The molecule has 0 saturated heterocycles. The number of halogens is 1. The number of aryl methyl sites for hydroxylation is 2. The van der Waals surface area contributed by atoms with Gasteiger partial charge in [-0.05, 0) is 13.8 Å². The molecular formula is C8H9ClMg. The van der Waals surface area contributed by atoms with Crippen LogP contribution in [0.4, 0.5) is 0 Å². The Balaban J connectivity index is 3.07. The predicted octanol–water partition coefficient (Wildman–Crippen LogP) is 1.79. The Morgan fingerprint density at radius 3 is 2.50 bits per heavy atom. The molecule has 0 unspecified atom stereocenters. The monoisotopic (exact) mass is 164 g/mol. The first-order chi connectivity index (χ1) is 4.74. The van der Waals surface area contributed by atoms with Gasteiger partial charge in [-0.1, -0.05) is 29.3 Å². The zero-order chi connectivity index (χ0) is 7.56. The van der Waals surface area contributed by atoms with Crippen LogP contribution in [0, 0.1) is 13.8 Å². The predicted molar refractivity (Wildman–Crippen MR) is 47.2 cm³/mol. The molecule has 0 nitrogen and oxygen atoms in total. The fourth-order valence-electron chi connectivity index (χ4n) is 0.996. The second-order valence-electron chi connectivity index (χ2n) is 2.56. The summed E-state index contributed by atoms with van der Waals surface area (Å²) in [7, 11) is 5.82. The van der Waals surface area contributed by atoms with Gasteiger partial charge in [0.2, 0.25) is 0 Å². The van der Waals surface area contributed by atoms with Crippen molar-refractivity contribution in [2.75, 3.05) is 0 Å². The molecule has 0 atom stereocenters. The molecule has 0 fully saturated rings. The largest absolute Gasteiger partial charge is 0.538 e. The van der Waals surface area contributed by atoms with Crippen molar-refractivity contribution in [3.8, 4) is 0 Å². The van der Waals surface area contributed by atoms with Crippen molar-refractivity contribution in [3.05, 3.63) is 29.3 Å². The fourth-order valence-corrected chi connectivity index (χ4v) is 2.42. The molecule has 1 rings (SSSR count). The minimum atomic E-state index is -0.481. The molecule has 0 amide bonds. The molecule has 0 aromatic heterocycles. The maximum absolute atomic E-state index is 5.82. The Morgan fingerprint density at radius 2 is 2.00 bits per heavy atom. The molecule has 50 valence electrons. The van der Waals surface area contributed by atoms with Crippen LogP contribution in [0.15, 0.2) is 18.2 Å². The van der Waals surface area contributed by atoms with Crippen LogP contribution in [0.5, 0.6) is 0 Å². The summed E-state index contributed by atoms with van der Waals surface area (Å²) in [5, 5.41) is 0. The van der Waals surface area contributed by atoms with Crippen LogP contribution in [-0.2, 0) is 0 Å². The molecule has 0 spiro atoms. The van der Waals surface area contributed by atoms with Crippen LogP contribution < -0.4 is 3.69 Å². The summed E-state index contributed by atoms with van der Waals surface area (Å²) in [6.07, 6.45) is 0. The average Bonchev–Trinajstić information content (AvgIpc) is 1.88. The third-order valence-corrected chi connectivity index (χ3v) is 3.59. The summed E-state index contributed by atoms with van der Waals surface area (Å²) in [6.45, 7) is 4.23. The van der Waals surface area contributed by atoms with Crippen molar-refractivity contribution in [1.82, 2.24) is 0 Å². The van der Waals surface area contributed by atoms with Crippen LogP contribution in [-0.4, -0.2) is 19.3 Å². The van der Waals surface area contributed by atoms with Gasteiger partial charge in [-0.2, -0.15) is 0 Å². The molecule has 0 radical (unpaired) electrons. The summed E-state index contributed by atoms with van der Waals surface area (Å²) in [5.41, 5.74) is 2.67. The second-order valence-corrected chi connectivity index (χ2v) is 4.39. The lowest BCUT2D eigenvalue weighted by Crippen LogP contribution is -2.12. The maximum Gasteiger partial charge on any atom is 0.538 e. The Bertz CT molecular complexity index is 233. The third-order valence-electron chi connectivity index (χ3n) is 1.64. The van der Waals surface area contributed by atoms with E-state index in [1.165, 1.54) is 14.8 Å². The van der Waals surface area contributed by atoms with Crippen LogP contribution in [0.1, 0.15) is 11.1 Å². The Morgan fingerprint density at radius 1 is 1.30 bits per heavy atom. The molecule has 1 aromatic rings. The minimum absolute atomic E-state index is 0.481.